The third kappa shape index (κ3) is 1.78. The van der Waals surface area contributed by atoms with Gasteiger partial charge in [-0.25, -0.2) is 0 Å². The van der Waals surface area contributed by atoms with Crippen molar-refractivity contribution in [2.75, 3.05) is 13.1 Å². The van der Waals surface area contributed by atoms with Crippen LogP contribution in [0.2, 0.25) is 0 Å². The van der Waals surface area contributed by atoms with Gasteiger partial charge in [0, 0.05) is 12.6 Å². The van der Waals surface area contributed by atoms with Crippen LogP contribution in [0.1, 0.15) is 30.9 Å². The summed E-state index contributed by atoms with van der Waals surface area (Å²) in [6, 6.07) is 9.88. The van der Waals surface area contributed by atoms with E-state index in [1.807, 2.05) is 0 Å². The molecule has 1 fully saturated rings. The van der Waals surface area contributed by atoms with E-state index in [9.17, 15) is 0 Å². The second kappa shape index (κ2) is 4.21. The Morgan fingerprint density at radius 3 is 2.62 bits per heavy atom. The summed E-state index contributed by atoms with van der Waals surface area (Å²) in [6.07, 6.45) is 5.43. The minimum Gasteiger partial charge on any atom is -0.300 e. The lowest BCUT2D eigenvalue weighted by Gasteiger charge is -2.42. The number of piperidine rings is 1. The van der Waals surface area contributed by atoms with E-state index >= 15 is 0 Å². The summed E-state index contributed by atoms with van der Waals surface area (Å²) >= 11 is 0. The van der Waals surface area contributed by atoms with Gasteiger partial charge in [-0.15, -0.1) is 0 Å². The minimum atomic E-state index is 0.808. The standard InChI is InChI=1S/C15H21N/c1-2-16-11-12-7-8-15(16)10-14-6-4-3-5-13(14)9-12/h3-6,12,15H,2,7-11H2,1H3/t12-,15+/m1/s1. The summed E-state index contributed by atoms with van der Waals surface area (Å²) in [5.74, 6) is 0.901. The Morgan fingerprint density at radius 1 is 1.12 bits per heavy atom. The number of benzene rings is 1. The fourth-order valence-corrected chi connectivity index (χ4v) is 3.49. The molecule has 0 N–H and O–H groups in total. The van der Waals surface area contributed by atoms with Gasteiger partial charge in [0.25, 0.3) is 0 Å². The molecular formula is C15H21N. The zero-order valence-corrected chi connectivity index (χ0v) is 10.2. The van der Waals surface area contributed by atoms with Crippen molar-refractivity contribution in [3.63, 3.8) is 0 Å². The molecule has 1 saturated heterocycles. The summed E-state index contributed by atoms with van der Waals surface area (Å²) in [7, 11) is 0. The van der Waals surface area contributed by atoms with Gasteiger partial charge in [-0.1, -0.05) is 31.2 Å². The Labute approximate surface area is 98.5 Å². The van der Waals surface area contributed by atoms with E-state index in [2.05, 4.69) is 36.1 Å². The van der Waals surface area contributed by atoms with Crippen molar-refractivity contribution in [3.8, 4) is 0 Å². The Balaban J connectivity index is 1.94. The third-order valence-corrected chi connectivity index (χ3v) is 4.41. The lowest BCUT2D eigenvalue weighted by atomic mass is 9.80. The number of hydrogen-bond donors (Lipinski definition) is 0. The molecule has 2 atom stereocenters. The molecule has 0 radical (unpaired) electrons. The number of hydrogen-bond acceptors (Lipinski definition) is 1. The molecule has 0 amide bonds. The van der Waals surface area contributed by atoms with Gasteiger partial charge in [0.1, 0.15) is 0 Å². The van der Waals surface area contributed by atoms with Crippen LogP contribution in [0.3, 0.4) is 0 Å². The first-order chi connectivity index (χ1) is 7.86. The summed E-state index contributed by atoms with van der Waals surface area (Å²) in [4.78, 5) is 2.70. The van der Waals surface area contributed by atoms with Crippen molar-refractivity contribution in [1.82, 2.24) is 4.90 Å². The van der Waals surface area contributed by atoms with Gasteiger partial charge < -0.3 is 4.90 Å². The van der Waals surface area contributed by atoms with E-state index in [-0.39, 0.29) is 0 Å². The summed E-state index contributed by atoms with van der Waals surface area (Å²) in [6.45, 7) is 4.86. The molecule has 1 aromatic rings. The predicted molar refractivity (Wildman–Crippen MR) is 67.6 cm³/mol. The largest absolute Gasteiger partial charge is 0.300 e. The van der Waals surface area contributed by atoms with Gasteiger partial charge in [-0.3, -0.25) is 0 Å². The van der Waals surface area contributed by atoms with Crippen molar-refractivity contribution in [2.45, 2.75) is 38.6 Å². The first-order valence-electron chi connectivity index (χ1n) is 6.67. The molecule has 16 heavy (non-hydrogen) atoms. The average molecular weight is 215 g/mol. The maximum absolute atomic E-state index is 2.70. The second-order valence-electron chi connectivity index (χ2n) is 5.36. The summed E-state index contributed by atoms with van der Waals surface area (Å²) < 4.78 is 0. The van der Waals surface area contributed by atoms with Crippen LogP contribution in [0.4, 0.5) is 0 Å². The normalized spacial score (nSPS) is 29.6. The molecule has 0 aromatic heterocycles. The molecule has 86 valence electrons. The fraction of sp³-hybridized carbons (Fsp3) is 0.600. The second-order valence-corrected chi connectivity index (χ2v) is 5.36. The number of nitrogens with zero attached hydrogens (tertiary/aromatic N) is 1. The molecule has 2 heterocycles. The lowest BCUT2D eigenvalue weighted by molar-refractivity contribution is 0.107. The van der Waals surface area contributed by atoms with Crippen molar-refractivity contribution < 1.29 is 0 Å². The molecule has 0 saturated carbocycles. The molecule has 1 aromatic carbocycles. The first-order valence-corrected chi connectivity index (χ1v) is 6.67. The molecular weight excluding hydrogens is 194 g/mol. The van der Waals surface area contributed by atoms with Gasteiger partial charge >= 0.3 is 0 Å². The molecule has 0 spiro atoms. The molecule has 1 aliphatic carbocycles. The van der Waals surface area contributed by atoms with Crippen molar-refractivity contribution in [2.24, 2.45) is 5.92 Å². The van der Waals surface area contributed by atoms with E-state index in [1.54, 1.807) is 11.1 Å². The molecule has 2 aliphatic heterocycles. The molecule has 3 aliphatic rings. The highest BCUT2D eigenvalue weighted by Crippen LogP contribution is 2.31. The van der Waals surface area contributed by atoms with Crippen molar-refractivity contribution >= 4 is 0 Å². The Kier molecular flexibility index (Phi) is 2.72. The van der Waals surface area contributed by atoms with Crippen molar-refractivity contribution in [3.05, 3.63) is 35.4 Å². The highest BCUT2D eigenvalue weighted by molar-refractivity contribution is 5.29. The van der Waals surface area contributed by atoms with Crippen LogP contribution in [0, 0.1) is 5.92 Å². The fourth-order valence-electron chi connectivity index (χ4n) is 3.49. The highest BCUT2D eigenvalue weighted by Gasteiger charge is 2.30. The Hall–Kier alpha value is -0.820. The van der Waals surface area contributed by atoms with Crippen LogP contribution in [0.15, 0.2) is 24.3 Å². The maximum Gasteiger partial charge on any atom is 0.0136 e. The molecule has 0 unspecified atom stereocenters. The SMILES string of the molecule is CCN1C[C@@H]2CC[C@H]1Cc1ccccc1C2. The van der Waals surface area contributed by atoms with Crippen LogP contribution in [-0.2, 0) is 12.8 Å². The minimum absolute atomic E-state index is 0.808. The quantitative estimate of drug-likeness (QED) is 0.696. The zero-order chi connectivity index (χ0) is 11.0. The van der Waals surface area contributed by atoms with Gasteiger partial charge in [0.05, 0.1) is 0 Å². The number of likely N-dealkylation sites (N-methyl/N-ethyl adjacent to an activating group) is 1. The molecule has 1 heteroatoms. The van der Waals surface area contributed by atoms with Crippen LogP contribution in [-0.4, -0.2) is 24.0 Å². The Bertz CT molecular complexity index is 371. The molecule has 2 bridgehead atoms. The Morgan fingerprint density at radius 2 is 1.88 bits per heavy atom. The lowest BCUT2D eigenvalue weighted by Crippen LogP contribution is -2.46. The molecule has 4 rings (SSSR count). The smallest absolute Gasteiger partial charge is 0.0136 e. The number of rotatable bonds is 1. The summed E-state index contributed by atoms with van der Waals surface area (Å²) in [5.41, 5.74) is 3.23. The van der Waals surface area contributed by atoms with Crippen LogP contribution in [0.5, 0.6) is 0 Å². The topological polar surface area (TPSA) is 3.24 Å². The van der Waals surface area contributed by atoms with Gasteiger partial charge in [0.2, 0.25) is 0 Å². The average Bonchev–Trinajstić information content (AvgIpc) is 2.28. The van der Waals surface area contributed by atoms with Crippen molar-refractivity contribution in [1.29, 1.82) is 0 Å². The predicted octanol–water partition coefficient (Wildman–Crippen LogP) is 2.89. The van der Waals surface area contributed by atoms with Crippen LogP contribution < -0.4 is 0 Å². The van der Waals surface area contributed by atoms with E-state index in [0.717, 1.165) is 12.0 Å². The zero-order valence-electron chi connectivity index (χ0n) is 10.2. The third-order valence-electron chi connectivity index (χ3n) is 4.41. The summed E-state index contributed by atoms with van der Waals surface area (Å²) in [5, 5.41) is 0. The van der Waals surface area contributed by atoms with E-state index in [1.165, 1.54) is 38.8 Å². The van der Waals surface area contributed by atoms with E-state index < -0.39 is 0 Å². The maximum atomic E-state index is 2.70. The molecule has 1 nitrogen and oxygen atoms in total. The highest BCUT2D eigenvalue weighted by atomic mass is 15.2. The van der Waals surface area contributed by atoms with E-state index in [0.29, 0.717) is 0 Å². The van der Waals surface area contributed by atoms with E-state index in [4.69, 9.17) is 0 Å². The van der Waals surface area contributed by atoms with Crippen LogP contribution >= 0.6 is 0 Å². The van der Waals surface area contributed by atoms with Gasteiger partial charge in [-0.2, -0.15) is 0 Å². The monoisotopic (exact) mass is 215 g/mol. The van der Waals surface area contributed by atoms with Crippen LogP contribution in [0.25, 0.3) is 0 Å². The number of fused-ring (bicyclic) bond motifs is 2. The first kappa shape index (κ1) is 10.3. The van der Waals surface area contributed by atoms with Gasteiger partial charge in [-0.05, 0) is 49.3 Å². The van der Waals surface area contributed by atoms with Gasteiger partial charge in [0.15, 0.2) is 0 Å².